The topological polar surface area (TPSA) is 174 Å². The fourth-order valence-corrected chi connectivity index (χ4v) is 11.1. The van der Waals surface area contributed by atoms with E-state index in [2.05, 4.69) is 21.3 Å². The van der Waals surface area contributed by atoms with Crippen molar-refractivity contribution in [1.82, 2.24) is 30.5 Å². The smallest absolute Gasteiger partial charge is 0.315 e. The van der Waals surface area contributed by atoms with Crippen molar-refractivity contribution in [3.8, 4) is 0 Å². The maximum atomic E-state index is 14.7. The number of carbonyl (C=O) groups is 5. The summed E-state index contributed by atoms with van der Waals surface area (Å²) in [5.74, 6) is -1.77. The molecule has 3 atom stereocenters. The number of nitrogens with zero attached hydrogens (tertiary/aromatic N) is 2. The normalized spacial score (nSPS) is 23.8. The number of ketones is 1. The first kappa shape index (κ1) is 41.4. The molecule has 1 heterocycles. The summed E-state index contributed by atoms with van der Waals surface area (Å²) < 4.78 is 29.1. The first-order chi connectivity index (χ1) is 25.3. The molecule has 4 saturated carbocycles. The predicted molar refractivity (Wildman–Crippen MR) is 203 cm³/mol. The van der Waals surface area contributed by atoms with Gasteiger partial charge in [0.25, 0.3) is 5.91 Å². The Morgan fingerprint density at radius 2 is 1.43 bits per heavy atom. The third-order valence-electron chi connectivity index (χ3n) is 12.4. The van der Waals surface area contributed by atoms with Crippen molar-refractivity contribution in [3.63, 3.8) is 0 Å². The van der Waals surface area contributed by atoms with Gasteiger partial charge in [0.05, 0.1) is 17.3 Å². The van der Waals surface area contributed by atoms with E-state index in [0.717, 1.165) is 83.5 Å². The molecule has 1 unspecified atom stereocenters. The molecule has 300 valence electrons. The molecule has 4 N–H and O–H groups in total. The lowest BCUT2D eigenvalue weighted by molar-refractivity contribution is -0.144. The van der Waals surface area contributed by atoms with Gasteiger partial charge in [-0.05, 0) is 88.4 Å². The largest absolute Gasteiger partial charge is 0.347 e. The van der Waals surface area contributed by atoms with E-state index in [1.807, 2.05) is 20.8 Å². The van der Waals surface area contributed by atoms with Crippen molar-refractivity contribution in [3.05, 3.63) is 0 Å². The van der Waals surface area contributed by atoms with Gasteiger partial charge >= 0.3 is 6.03 Å². The van der Waals surface area contributed by atoms with Gasteiger partial charge in [0.1, 0.15) is 12.1 Å². The number of urea groups is 1. The van der Waals surface area contributed by atoms with Crippen LogP contribution in [0.2, 0.25) is 0 Å². The van der Waals surface area contributed by atoms with E-state index in [-0.39, 0.29) is 17.7 Å². The zero-order chi connectivity index (χ0) is 38.2. The number of likely N-dealkylation sites (tertiary alicyclic amines) is 1. The molecular formula is C39H66N6O7S. The third-order valence-corrected chi connectivity index (χ3v) is 14.4. The summed E-state index contributed by atoms with van der Waals surface area (Å²) in [4.78, 5) is 70.3. The minimum Gasteiger partial charge on any atom is -0.347 e. The zero-order valence-electron chi connectivity index (χ0n) is 32.5. The molecule has 5 fully saturated rings. The van der Waals surface area contributed by atoms with Crippen molar-refractivity contribution >= 4 is 39.6 Å². The van der Waals surface area contributed by atoms with Crippen molar-refractivity contribution in [1.29, 1.82) is 0 Å². The second-order valence-electron chi connectivity index (χ2n) is 17.1. The van der Waals surface area contributed by atoms with E-state index in [4.69, 9.17) is 0 Å². The van der Waals surface area contributed by atoms with E-state index in [1.165, 1.54) is 0 Å². The molecule has 0 aromatic carbocycles. The Morgan fingerprint density at radius 3 is 2.02 bits per heavy atom. The maximum Gasteiger partial charge on any atom is 0.315 e. The molecule has 5 amide bonds. The van der Waals surface area contributed by atoms with Crippen LogP contribution in [0, 0.1) is 11.3 Å². The van der Waals surface area contributed by atoms with Crippen LogP contribution in [0.3, 0.4) is 0 Å². The summed E-state index contributed by atoms with van der Waals surface area (Å²) in [5, 5.41) is 11.8. The minimum absolute atomic E-state index is 0.0196. The Morgan fingerprint density at radius 1 is 0.811 bits per heavy atom. The van der Waals surface area contributed by atoms with Crippen LogP contribution >= 0.6 is 0 Å². The second-order valence-corrected chi connectivity index (χ2v) is 19.1. The Labute approximate surface area is 317 Å². The Kier molecular flexibility index (Phi) is 14.3. The van der Waals surface area contributed by atoms with E-state index < -0.39 is 62.7 Å². The summed E-state index contributed by atoms with van der Waals surface area (Å²) in [6.45, 7) is 7.14. The predicted octanol–water partition coefficient (Wildman–Crippen LogP) is 4.29. The lowest BCUT2D eigenvalue weighted by atomic mass is 9.70. The molecule has 13 nitrogen and oxygen atoms in total. The SMILES string of the molecule is CCCN(CCC)S(=O)(=O)CC1(NC(=O)N[C@H](C(=O)N2CCC[C@H]2C(=O)NC(CCC2CC2)C(=O)C(=O)NC2CC2)C2(C)CCCCC2)CCCCC1. The fraction of sp³-hybridized carbons (Fsp3) is 0.872. The summed E-state index contributed by atoms with van der Waals surface area (Å²) in [7, 11) is -3.67. The first-order valence-electron chi connectivity index (χ1n) is 20.8. The second kappa shape index (κ2) is 18.3. The molecular weight excluding hydrogens is 697 g/mol. The standard InChI is InChI=1S/C39H66N6O7S/c1-4-24-44(25-5-2)53(51,52)27-39(22-10-7-11-23-39)43-37(50)42-33(38(3)20-8-6-9-21-38)36(49)45-26-12-13-31(45)34(47)41-30(19-16-28-14-15-28)32(46)35(48)40-29-17-18-29/h28-31,33H,4-27H2,1-3H3,(H,40,48)(H,41,47)(H2,42,43,50)/t30?,31-,33+/m0/s1. The van der Waals surface area contributed by atoms with E-state index in [9.17, 15) is 32.4 Å². The van der Waals surface area contributed by atoms with Crippen LogP contribution in [0.5, 0.6) is 0 Å². The van der Waals surface area contributed by atoms with E-state index in [1.54, 1.807) is 9.21 Å². The molecule has 5 rings (SSSR count). The number of nitrogens with one attached hydrogen (secondary N) is 4. The van der Waals surface area contributed by atoms with Crippen LogP contribution in [0.4, 0.5) is 4.79 Å². The van der Waals surface area contributed by atoms with Gasteiger partial charge in [-0.1, -0.05) is 72.1 Å². The summed E-state index contributed by atoms with van der Waals surface area (Å²) in [6, 6.07) is -3.25. The number of sulfonamides is 1. The van der Waals surface area contributed by atoms with Gasteiger partial charge in [0.15, 0.2) is 0 Å². The number of rotatable bonds is 19. The minimum atomic E-state index is -3.67. The van der Waals surface area contributed by atoms with Crippen LogP contribution in [0.15, 0.2) is 0 Å². The average molecular weight is 763 g/mol. The van der Waals surface area contributed by atoms with E-state index >= 15 is 0 Å². The van der Waals surface area contributed by atoms with Crippen molar-refractivity contribution in [2.24, 2.45) is 11.3 Å². The van der Waals surface area contributed by atoms with Gasteiger partial charge in [0.2, 0.25) is 27.6 Å². The van der Waals surface area contributed by atoms with Gasteiger partial charge < -0.3 is 26.2 Å². The molecule has 0 radical (unpaired) electrons. The molecule has 53 heavy (non-hydrogen) atoms. The van der Waals surface area contributed by atoms with Crippen molar-refractivity contribution < 1.29 is 32.4 Å². The summed E-state index contributed by atoms with van der Waals surface area (Å²) in [5.41, 5.74) is -1.52. The van der Waals surface area contributed by atoms with Gasteiger partial charge in [-0.3, -0.25) is 19.2 Å². The van der Waals surface area contributed by atoms with Crippen LogP contribution in [-0.2, 0) is 29.2 Å². The van der Waals surface area contributed by atoms with Crippen LogP contribution in [-0.4, -0.2) is 102 Å². The van der Waals surface area contributed by atoms with E-state index in [0.29, 0.717) is 70.5 Å². The van der Waals surface area contributed by atoms with Gasteiger partial charge in [0, 0.05) is 25.7 Å². The molecule has 14 heteroatoms. The van der Waals surface area contributed by atoms with Gasteiger partial charge in [-0.25, -0.2) is 17.5 Å². The molecule has 1 aliphatic heterocycles. The highest BCUT2D eigenvalue weighted by Gasteiger charge is 2.48. The summed E-state index contributed by atoms with van der Waals surface area (Å²) in [6.07, 6.45) is 15.4. The molecule has 0 bridgehead atoms. The first-order valence-corrected chi connectivity index (χ1v) is 22.4. The molecule has 4 aliphatic carbocycles. The van der Waals surface area contributed by atoms with Crippen LogP contribution in [0.25, 0.3) is 0 Å². The average Bonchev–Trinajstić information content (AvgIpc) is 4.07. The van der Waals surface area contributed by atoms with Gasteiger partial charge in [-0.2, -0.15) is 0 Å². The number of Topliss-reactive ketones (excluding diaryl/α,β-unsaturated/α-hetero) is 1. The molecule has 0 aromatic heterocycles. The lowest BCUT2D eigenvalue weighted by Crippen LogP contribution is -2.64. The Bertz CT molecular complexity index is 1410. The number of amides is 5. The lowest BCUT2D eigenvalue weighted by Gasteiger charge is -2.44. The van der Waals surface area contributed by atoms with Crippen LogP contribution in [0.1, 0.15) is 149 Å². The highest BCUT2D eigenvalue weighted by molar-refractivity contribution is 7.89. The summed E-state index contributed by atoms with van der Waals surface area (Å²) >= 11 is 0. The van der Waals surface area contributed by atoms with Gasteiger partial charge in [-0.15, -0.1) is 0 Å². The highest BCUT2D eigenvalue weighted by Crippen LogP contribution is 2.41. The highest BCUT2D eigenvalue weighted by atomic mass is 32.2. The zero-order valence-corrected chi connectivity index (χ0v) is 33.3. The number of hydrogen-bond donors (Lipinski definition) is 4. The molecule has 0 spiro atoms. The van der Waals surface area contributed by atoms with Crippen molar-refractivity contribution in [2.75, 3.05) is 25.4 Å². The molecule has 5 aliphatic rings. The molecule has 1 saturated heterocycles. The third kappa shape index (κ3) is 11.2. The number of carbonyl (C=O) groups excluding carboxylic acids is 5. The monoisotopic (exact) mass is 762 g/mol. The maximum absolute atomic E-state index is 14.7. The quantitative estimate of drug-likeness (QED) is 0.142. The fourth-order valence-electron chi connectivity index (χ4n) is 8.91. The molecule has 0 aromatic rings. The number of hydrogen-bond acceptors (Lipinski definition) is 7. The Hall–Kier alpha value is -2.74. The Balaban J connectivity index is 1.32. The van der Waals surface area contributed by atoms with Crippen molar-refractivity contribution in [2.45, 2.75) is 179 Å². The van der Waals surface area contributed by atoms with Crippen LogP contribution < -0.4 is 21.3 Å².